The fourth-order valence-corrected chi connectivity index (χ4v) is 9.54. The number of phosphoric ester groups is 3. The first-order valence-corrected chi connectivity index (χ1v) is 25.2. The van der Waals surface area contributed by atoms with Gasteiger partial charge in [-0.15, -0.1) is 0 Å². The van der Waals surface area contributed by atoms with E-state index in [0.717, 1.165) is 53.8 Å². The topological polar surface area (TPSA) is 364 Å². The van der Waals surface area contributed by atoms with Crippen molar-refractivity contribution in [3.63, 3.8) is 0 Å². The number of nitrogens with two attached hydrogens (primary N) is 1. The average Bonchev–Trinajstić information content (AvgIpc) is 3.74. The first-order valence-electron chi connectivity index (χ1n) is 19.7. The molecule has 63 heavy (non-hydrogen) atoms. The van der Waals surface area contributed by atoms with Crippen LogP contribution in [0, 0.1) is 5.41 Å². The van der Waals surface area contributed by atoms with E-state index < -0.39 is 84.6 Å². The number of hydrogen-bond acceptors (Lipinski definition) is 18. The Bertz CT molecular complexity index is 1980. The Kier molecular flexibility index (Phi) is 24.2. The van der Waals surface area contributed by atoms with E-state index in [1.165, 1.54) is 46.0 Å². The zero-order chi connectivity index (χ0) is 46.3. The Morgan fingerprint density at radius 2 is 1.63 bits per heavy atom. The second kappa shape index (κ2) is 26.6. The van der Waals surface area contributed by atoms with E-state index in [1.54, 1.807) is 0 Å². The fraction of sp³-hybridized carbons (Fsp3) is 0.706. The zero-order valence-electron chi connectivity index (χ0n) is 35.6. The Balaban J connectivity index is 0.0000137. The van der Waals surface area contributed by atoms with Crippen LogP contribution in [0.4, 0.5) is 5.82 Å². The molecule has 1 aliphatic rings. The molecule has 1 saturated heterocycles. The average molecular weight is 985 g/mol. The van der Waals surface area contributed by atoms with Crippen LogP contribution in [0.15, 0.2) is 24.8 Å². The molecular weight excluding hydrogens is 926 g/mol. The molecule has 0 spiro atoms. The number of imidazole rings is 1. The maximum atomic E-state index is 12.7. The van der Waals surface area contributed by atoms with Crippen LogP contribution < -0.4 is 16.4 Å². The molecule has 2 amide bonds. The van der Waals surface area contributed by atoms with Crippen LogP contribution in [-0.2, 0) is 50.7 Å². The quantitative estimate of drug-likeness (QED) is 0.0244. The maximum absolute atomic E-state index is 12.7. The van der Waals surface area contributed by atoms with Crippen LogP contribution in [0.5, 0.6) is 0 Å². The van der Waals surface area contributed by atoms with Crippen molar-refractivity contribution in [2.24, 2.45) is 5.41 Å². The third-order valence-electron chi connectivity index (χ3n) is 9.29. The first kappa shape index (κ1) is 57.4. The largest absolute Gasteiger partial charge is 0.481 e. The summed E-state index contributed by atoms with van der Waals surface area (Å²) in [5.41, 5.74) is 5.16. The number of anilines is 1. The van der Waals surface area contributed by atoms with Gasteiger partial charge in [-0.3, -0.25) is 32.5 Å². The molecule has 2 aromatic heterocycles. The van der Waals surface area contributed by atoms with Gasteiger partial charge in [-0.2, -0.15) is 4.31 Å². The summed E-state index contributed by atoms with van der Waals surface area (Å²) in [6, 6.07) is 0. The van der Waals surface area contributed by atoms with Gasteiger partial charge in [-0.25, -0.2) is 28.6 Å². The maximum Gasteiger partial charge on any atom is 0.481 e. The summed E-state index contributed by atoms with van der Waals surface area (Å²) in [6.45, 7) is 6.68. The summed E-state index contributed by atoms with van der Waals surface area (Å²) in [4.78, 5) is 88.2. The van der Waals surface area contributed by atoms with Crippen molar-refractivity contribution < 1.29 is 80.5 Å². The molecule has 1 fully saturated rings. The second-order valence-corrected chi connectivity index (χ2v) is 20.5. The summed E-state index contributed by atoms with van der Waals surface area (Å²) < 4.78 is 62.3. The standard InChI is InChI=1S/C34H58N7O17P3S.Na/c1-5-6-7-8-9-10-11-12-22(2)17-25(43)62-16-15-36-24(42)13-14-37-32(46)29(45)34(3,4)19-55-61(52,53)58-60(50,51)54-18-23-28(57-59(47,48)49)27(44)33(56-23)41-21-40-26-30(35)38-20-39-31(26)41;/h20-21,23,27-29,33,44-45H,2,5-19H2,1,3-4H3,(H,36,42)(H,37,46)(H,50,51)(H,52,53)(H2,35,38,39)(H2,47,48,49);. The Hall–Kier alpha value is -1.70. The van der Waals surface area contributed by atoms with E-state index in [9.17, 15) is 57.9 Å². The molecule has 7 unspecified atom stereocenters. The van der Waals surface area contributed by atoms with Crippen molar-refractivity contribution >= 4 is 98.7 Å². The number of carbonyl (C=O) groups is 3. The number of nitrogens with one attached hydrogen (secondary N) is 2. The van der Waals surface area contributed by atoms with Gasteiger partial charge in [-0.05, 0) is 12.8 Å². The normalized spacial score (nSPS) is 20.3. The van der Waals surface area contributed by atoms with E-state index in [-0.39, 0.29) is 77.6 Å². The molecule has 24 nitrogen and oxygen atoms in total. The van der Waals surface area contributed by atoms with Crippen molar-refractivity contribution in [3.05, 3.63) is 24.8 Å². The van der Waals surface area contributed by atoms with Crippen LogP contribution in [-0.4, -0.2) is 152 Å². The summed E-state index contributed by atoms with van der Waals surface area (Å²) in [6.07, 6.45) is 2.39. The summed E-state index contributed by atoms with van der Waals surface area (Å²) in [5.74, 6) is -1.10. The summed E-state index contributed by atoms with van der Waals surface area (Å²) in [5, 5.41) is 26.5. The minimum Gasteiger partial charge on any atom is -0.386 e. The van der Waals surface area contributed by atoms with Crippen LogP contribution >= 0.6 is 35.2 Å². The molecule has 3 rings (SSSR count). The number of hydrogen-bond donors (Lipinski definition) is 9. The number of aliphatic hydroxyl groups is 2. The van der Waals surface area contributed by atoms with E-state index in [2.05, 4.69) is 47.9 Å². The SMILES string of the molecule is C=C(CCCCCCCCC)CC(=O)SCCNC(=O)CCNC(=O)C(O)C(C)(C)COP(=O)(O)OP(=O)(O)OCC1OC(n2cnc3c(N)ncnc32)C(O)C1OP(=O)(O)O.[Na]. The van der Waals surface area contributed by atoms with Crippen molar-refractivity contribution in [2.45, 2.75) is 116 Å². The Labute approximate surface area is 391 Å². The smallest absolute Gasteiger partial charge is 0.386 e. The zero-order valence-corrected chi connectivity index (χ0v) is 41.1. The molecule has 3 heterocycles. The Morgan fingerprint density at radius 3 is 2.30 bits per heavy atom. The van der Waals surface area contributed by atoms with Gasteiger partial charge in [0.1, 0.15) is 36.3 Å². The van der Waals surface area contributed by atoms with Gasteiger partial charge in [0.25, 0.3) is 0 Å². The van der Waals surface area contributed by atoms with Gasteiger partial charge in [-0.1, -0.05) is 83.2 Å². The number of phosphoric acid groups is 3. The molecule has 0 aliphatic carbocycles. The monoisotopic (exact) mass is 984 g/mol. The van der Waals surface area contributed by atoms with Gasteiger partial charge in [0.15, 0.2) is 22.8 Å². The molecule has 10 N–H and O–H groups in total. The molecule has 2 aromatic rings. The van der Waals surface area contributed by atoms with Crippen molar-refractivity contribution in [3.8, 4) is 0 Å². The number of rotatable bonds is 29. The first-order chi connectivity index (χ1) is 28.9. The molecule has 0 bridgehead atoms. The number of fused-ring (bicyclic) bond motifs is 1. The number of nitrogen functional groups attached to an aromatic ring is 1. The number of nitrogens with zero attached hydrogens (tertiary/aromatic N) is 4. The molecule has 1 radical (unpaired) electrons. The number of aliphatic hydroxyl groups excluding tert-OH is 2. The van der Waals surface area contributed by atoms with Crippen molar-refractivity contribution in [1.29, 1.82) is 0 Å². The van der Waals surface area contributed by atoms with E-state index >= 15 is 0 Å². The predicted molar refractivity (Wildman–Crippen MR) is 229 cm³/mol. The minimum absolute atomic E-state index is 0. The van der Waals surface area contributed by atoms with E-state index in [4.69, 9.17) is 19.5 Å². The fourth-order valence-electron chi connectivity index (χ4n) is 5.97. The number of amides is 2. The third kappa shape index (κ3) is 20.0. The van der Waals surface area contributed by atoms with Gasteiger partial charge in [0.2, 0.25) is 11.8 Å². The van der Waals surface area contributed by atoms with Crippen LogP contribution in [0.3, 0.4) is 0 Å². The molecular formula is C34H58N7NaO17P3S. The predicted octanol–water partition coefficient (Wildman–Crippen LogP) is 2.37. The minimum atomic E-state index is -5.58. The van der Waals surface area contributed by atoms with Crippen molar-refractivity contribution in [2.75, 3.05) is 37.8 Å². The van der Waals surface area contributed by atoms with Gasteiger partial charge >= 0.3 is 23.5 Å². The van der Waals surface area contributed by atoms with Crippen LogP contribution in [0.25, 0.3) is 11.2 Å². The van der Waals surface area contributed by atoms with Gasteiger partial charge in [0.05, 0.1) is 19.5 Å². The molecule has 29 heteroatoms. The second-order valence-electron chi connectivity index (χ2n) is 15.1. The van der Waals surface area contributed by atoms with E-state index in [1.807, 2.05) is 0 Å². The van der Waals surface area contributed by atoms with Gasteiger partial charge in [0, 0.05) is 66.7 Å². The number of thioether (sulfide) groups is 1. The Morgan fingerprint density at radius 1 is 0.984 bits per heavy atom. The van der Waals surface area contributed by atoms with Crippen LogP contribution in [0.1, 0.15) is 91.2 Å². The number of aromatic nitrogens is 4. The molecule has 1 aliphatic heterocycles. The molecule has 353 valence electrons. The number of ether oxygens (including phenoxy) is 1. The van der Waals surface area contributed by atoms with Gasteiger partial charge < -0.3 is 50.9 Å². The summed E-state index contributed by atoms with van der Waals surface area (Å²) in [7, 11) is -16.4. The molecule has 0 aromatic carbocycles. The molecule has 0 saturated carbocycles. The van der Waals surface area contributed by atoms with Crippen LogP contribution in [0.2, 0.25) is 0 Å². The number of allylic oxidation sites excluding steroid dienone is 1. The molecule has 7 atom stereocenters. The van der Waals surface area contributed by atoms with E-state index in [0.29, 0.717) is 5.75 Å². The number of carbonyl (C=O) groups excluding carboxylic acids is 3. The van der Waals surface area contributed by atoms with Crippen molar-refractivity contribution in [1.82, 2.24) is 30.2 Å². The third-order valence-corrected chi connectivity index (χ3v) is 13.3. The summed E-state index contributed by atoms with van der Waals surface area (Å²) >= 11 is 1.09. The number of unbranched alkanes of at least 4 members (excludes halogenated alkanes) is 6.